The van der Waals surface area contributed by atoms with Crippen molar-refractivity contribution >= 4 is 9.84 Å². The summed E-state index contributed by atoms with van der Waals surface area (Å²) in [4.78, 5) is 2.90. The van der Waals surface area contributed by atoms with E-state index in [1.54, 1.807) is 23.3 Å². The number of likely N-dealkylation sites (tertiary alicyclic amines) is 1. The van der Waals surface area contributed by atoms with Gasteiger partial charge in [0.15, 0.2) is 9.84 Å². The monoisotopic (exact) mass is 426 g/mol. The van der Waals surface area contributed by atoms with Crippen molar-refractivity contribution in [2.45, 2.75) is 55.0 Å². The number of fused-ring (bicyclic) bond motifs is 2. The predicted octanol–water partition coefficient (Wildman–Crippen LogP) is 3.79. The summed E-state index contributed by atoms with van der Waals surface area (Å²) < 4.78 is 23.2. The molecule has 1 aliphatic heterocycles. The number of aryl methyl sites for hydroxylation is 1. The van der Waals surface area contributed by atoms with E-state index in [2.05, 4.69) is 34.5 Å². The molecule has 5 heteroatoms. The van der Waals surface area contributed by atoms with Gasteiger partial charge in [-0.3, -0.25) is 4.90 Å². The van der Waals surface area contributed by atoms with E-state index in [0.717, 1.165) is 32.1 Å². The third-order valence-electron chi connectivity index (χ3n) is 7.59. The normalized spacial score (nSPS) is 26.8. The minimum absolute atomic E-state index is 0. The summed E-state index contributed by atoms with van der Waals surface area (Å²) in [5, 5.41) is 3.91. The molecular weight excluding hydrogens is 392 g/mol. The van der Waals surface area contributed by atoms with Gasteiger partial charge in [0, 0.05) is 25.7 Å². The van der Waals surface area contributed by atoms with E-state index in [9.17, 15) is 8.42 Å². The molecule has 2 aromatic carbocycles. The number of nitrogens with one attached hydrogen (secondary N) is 1. The molecule has 5 rings (SSSR count). The Hall–Kier alpha value is -1.69. The average Bonchev–Trinajstić information content (AvgIpc) is 3.33. The Morgan fingerprint density at radius 2 is 1.83 bits per heavy atom. The maximum absolute atomic E-state index is 11.6. The van der Waals surface area contributed by atoms with E-state index in [1.165, 1.54) is 43.9 Å². The van der Waals surface area contributed by atoms with E-state index in [4.69, 9.17) is 0 Å². The molecule has 3 aliphatic rings. The van der Waals surface area contributed by atoms with E-state index in [0.29, 0.717) is 16.4 Å². The van der Waals surface area contributed by atoms with Gasteiger partial charge in [-0.25, -0.2) is 8.42 Å². The molecule has 2 aliphatic carbocycles. The first-order chi connectivity index (χ1) is 14.4. The SMILES string of the molecule is CS(=O)(=O)c1ccc(CN2CCC(CNC3CC34CCc3ccccc34)CC2)cc1.[HH]. The Kier molecular flexibility index (Phi) is 5.24. The summed E-state index contributed by atoms with van der Waals surface area (Å²) in [7, 11) is -3.11. The molecule has 1 heterocycles. The van der Waals surface area contributed by atoms with Crippen LogP contribution in [-0.4, -0.2) is 45.2 Å². The fourth-order valence-electron chi connectivity index (χ4n) is 5.62. The molecule has 0 radical (unpaired) electrons. The van der Waals surface area contributed by atoms with Gasteiger partial charge in [-0.1, -0.05) is 36.4 Å². The Labute approximate surface area is 182 Å². The molecule has 0 bridgehead atoms. The molecule has 162 valence electrons. The number of rotatable bonds is 6. The number of benzene rings is 2. The van der Waals surface area contributed by atoms with Crippen LogP contribution in [0, 0.1) is 5.92 Å². The molecule has 1 saturated carbocycles. The van der Waals surface area contributed by atoms with Crippen molar-refractivity contribution in [2.75, 3.05) is 25.9 Å². The smallest absolute Gasteiger partial charge is 0.175 e. The van der Waals surface area contributed by atoms with Gasteiger partial charge < -0.3 is 5.32 Å². The third-order valence-corrected chi connectivity index (χ3v) is 8.72. The molecule has 1 N–H and O–H groups in total. The maximum atomic E-state index is 11.6. The highest BCUT2D eigenvalue weighted by atomic mass is 32.2. The second-order valence-corrected chi connectivity index (χ2v) is 11.6. The highest BCUT2D eigenvalue weighted by Gasteiger charge is 2.57. The van der Waals surface area contributed by atoms with Crippen molar-refractivity contribution in [1.29, 1.82) is 0 Å². The lowest BCUT2D eigenvalue weighted by atomic mass is 9.95. The van der Waals surface area contributed by atoms with Crippen LogP contribution in [0.5, 0.6) is 0 Å². The van der Waals surface area contributed by atoms with Gasteiger partial charge >= 0.3 is 0 Å². The first-order valence-electron chi connectivity index (χ1n) is 11.3. The molecule has 1 saturated heterocycles. The summed E-state index contributed by atoms with van der Waals surface area (Å²) in [5.74, 6) is 0.767. The summed E-state index contributed by atoms with van der Waals surface area (Å²) in [5.41, 5.74) is 4.81. The quantitative estimate of drug-likeness (QED) is 0.763. The van der Waals surface area contributed by atoms with Gasteiger partial charge in [0.1, 0.15) is 0 Å². The van der Waals surface area contributed by atoms with Gasteiger partial charge in [0.2, 0.25) is 0 Å². The van der Waals surface area contributed by atoms with Gasteiger partial charge in [0.05, 0.1) is 4.90 Å². The van der Waals surface area contributed by atoms with Gasteiger partial charge in [-0.2, -0.15) is 0 Å². The minimum atomic E-state index is -3.11. The number of hydrogen-bond acceptors (Lipinski definition) is 4. The lowest BCUT2D eigenvalue weighted by molar-refractivity contribution is 0.175. The summed E-state index contributed by atoms with van der Waals surface area (Å²) in [6.45, 7) is 4.30. The summed E-state index contributed by atoms with van der Waals surface area (Å²) >= 11 is 0. The molecule has 2 atom stereocenters. The van der Waals surface area contributed by atoms with Gasteiger partial charge in [-0.15, -0.1) is 0 Å². The number of hydrogen-bond donors (Lipinski definition) is 1. The van der Waals surface area contributed by atoms with Crippen molar-refractivity contribution in [2.24, 2.45) is 5.92 Å². The number of nitrogens with zero attached hydrogens (tertiary/aromatic N) is 1. The standard InChI is InChI=1S/C25H32N2O2S.H2/c1-30(28,29)22-8-6-20(7-9-22)18-27-14-11-19(12-15-27)17-26-24-16-25(24)13-10-21-4-2-3-5-23(21)25;/h2-9,19,24,26H,10-18H2,1H3;1H. The summed E-state index contributed by atoms with van der Waals surface area (Å²) in [6, 6.07) is 17.1. The number of piperidine rings is 1. The molecule has 4 nitrogen and oxygen atoms in total. The number of sulfone groups is 1. The molecule has 2 aromatic rings. The van der Waals surface area contributed by atoms with Crippen molar-refractivity contribution in [3.8, 4) is 0 Å². The zero-order valence-electron chi connectivity index (χ0n) is 17.8. The molecule has 1 spiro atoms. The van der Waals surface area contributed by atoms with Crippen LogP contribution in [0.4, 0.5) is 0 Å². The van der Waals surface area contributed by atoms with Crippen molar-refractivity contribution in [3.63, 3.8) is 0 Å². The molecule has 0 aromatic heterocycles. The van der Waals surface area contributed by atoms with E-state index < -0.39 is 9.84 Å². The van der Waals surface area contributed by atoms with Crippen molar-refractivity contribution in [1.82, 2.24) is 10.2 Å². The van der Waals surface area contributed by atoms with E-state index in [1.807, 2.05) is 12.1 Å². The largest absolute Gasteiger partial charge is 0.313 e. The van der Waals surface area contributed by atoms with Crippen LogP contribution in [0.2, 0.25) is 0 Å². The Morgan fingerprint density at radius 3 is 2.57 bits per heavy atom. The van der Waals surface area contributed by atoms with Crippen molar-refractivity contribution in [3.05, 3.63) is 65.2 Å². The lowest BCUT2D eigenvalue weighted by Gasteiger charge is -2.32. The highest BCUT2D eigenvalue weighted by molar-refractivity contribution is 7.90. The van der Waals surface area contributed by atoms with Crippen molar-refractivity contribution < 1.29 is 9.84 Å². The van der Waals surface area contributed by atoms with Crippen LogP contribution >= 0.6 is 0 Å². The Bertz CT molecular complexity index is 1020. The fourth-order valence-corrected chi connectivity index (χ4v) is 6.25. The molecule has 30 heavy (non-hydrogen) atoms. The lowest BCUT2D eigenvalue weighted by Crippen LogP contribution is -2.38. The first-order valence-corrected chi connectivity index (χ1v) is 13.2. The Morgan fingerprint density at radius 1 is 1.10 bits per heavy atom. The van der Waals surface area contributed by atoms with Crippen LogP contribution in [0.1, 0.15) is 43.8 Å². The zero-order valence-corrected chi connectivity index (χ0v) is 18.6. The van der Waals surface area contributed by atoms with Crippen LogP contribution in [0.3, 0.4) is 0 Å². The van der Waals surface area contributed by atoms with Crippen LogP contribution in [0.25, 0.3) is 0 Å². The predicted molar refractivity (Wildman–Crippen MR) is 123 cm³/mol. The van der Waals surface area contributed by atoms with Crippen LogP contribution in [0.15, 0.2) is 53.4 Å². The van der Waals surface area contributed by atoms with E-state index in [-0.39, 0.29) is 1.43 Å². The average molecular weight is 427 g/mol. The van der Waals surface area contributed by atoms with Crippen LogP contribution in [-0.2, 0) is 28.2 Å². The maximum Gasteiger partial charge on any atom is 0.175 e. The highest BCUT2D eigenvalue weighted by Crippen LogP contribution is 2.56. The molecular formula is C25H34N2O2S. The minimum Gasteiger partial charge on any atom is -0.313 e. The molecule has 0 amide bonds. The second kappa shape index (κ2) is 7.77. The molecule has 2 unspecified atom stereocenters. The van der Waals surface area contributed by atoms with Gasteiger partial charge in [0.25, 0.3) is 0 Å². The van der Waals surface area contributed by atoms with Gasteiger partial charge in [-0.05, 0) is 86.5 Å². The fraction of sp³-hybridized carbons (Fsp3) is 0.520. The Balaban J connectivity index is 0.00000231. The van der Waals surface area contributed by atoms with E-state index >= 15 is 0 Å². The first kappa shape index (κ1) is 20.2. The van der Waals surface area contributed by atoms with Crippen LogP contribution < -0.4 is 5.32 Å². The third kappa shape index (κ3) is 3.95. The zero-order chi connectivity index (χ0) is 20.8. The molecule has 2 fully saturated rings. The summed E-state index contributed by atoms with van der Waals surface area (Å²) in [6.07, 6.45) is 7.62. The second-order valence-electron chi connectivity index (χ2n) is 9.61. The topological polar surface area (TPSA) is 49.4 Å².